The maximum absolute atomic E-state index is 5.47. The predicted molar refractivity (Wildman–Crippen MR) is 118 cm³/mol. The minimum Gasteiger partial charge on any atom is -0.493 e. The van der Waals surface area contributed by atoms with Crippen molar-refractivity contribution < 1.29 is 9.47 Å². The molecule has 0 saturated heterocycles. The summed E-state index contributed by atoms with van der Waals surface area (Å²) < 4.78 is 13.1. The highest BCUT2D eigenvalue weighted by molar-refractivity contribution is 7.99. The van der Waals surface area contributed by atoms with Gasteiger partial charge in [-0.2, -0.15) is 0 Å². The van der Waals surface area contributed by atoms with Crippen LogP contribution in [0.3, 0.4) is 0 Å². The maximum Gasteiger partial charge on any atom is 0.163 e. The lowest BCUT2D eigenvalue weighted by atomic mass is 9.94. The number of methoxy groups -OCH3 is 2. The van der Waals surface area contributed by atoms with E-state index in [9.17, 15) is 0 Å². The van der Waals surface area contributed by atoms with Gasteiger partial charge in [0.2, 0.25) is 0 Å². The molecular weight excluding hydrogens is 382 g/mol. The van der Waals surface area contributed by atoms with Crippen LogP contribution in [0.15, 0.2) is 41.6 Å². The molecule has 5 nitrogen and oxygen atoms in total. The molecule has 1 aliphatic heterocycles. The molecule has 2 aliphatic rings. The summed E-state index contributed by atoms with van der Waals surface area (Å²) >= 11 is 1.98. The third-order valence-corrected chi connectivity index (χ3v) is 7.23. The summed E-state index contributed by atoms with van der Waals surface area (Å²) in [7, 11) is 3.32. The first kappa shape index (κ1) is 18.7. The number of fused-ring (bicyclic) bond motifs is 2. The number of hydrogen-bond acceptors (Lipinski definition) is 5. The van der Waals surface area contributed by atoms with Crippen molar-refractivity contribution in [3.63, 3.8) is 0 Å². The van der Waals surface area contributed by atoms with Gasteiger partial charge in [-0.1, -0.05) is 25.3 Å². The summed E-state index contributed by atoms with van der Waals surface area (Å²) in [5.74, 6) is 2.53. The fraction of sp³-hybridized carbons (Fsp3) is 0.435. The molecule has 6 heteroatoms. The highest BCUT2D eigenvalue weighted by Crippen LogP contribution is 2.42. The van der Waals surface area contributed by atoms with Gasteiger partial charge in [-0.05, 0) is 30.5 Å². The summed E-state index contributed by atoms with van der Waals surface area (Å²) in [5.41, 5.74) is 4.70. The van der Waals surface area contributed by atoms with E-state index in [2.05, 4.69) is 32.7 Å². The van der Waals surface area contributed by atoms with Crippen molar-refractivity contribution in [3.8, 4) is 11.5 Å². The quantitative estimate of drug-likeness (QED) is 0.571. The van der Waals surface area contributed by atoms with Crippen molar-refractivity contribution in [1.82, 2.24) is 9.55 Å². The lowest BCUT2D eigenvalue weighted by molar-refractivity contribution is 0.355. The second-order valence-electron chi connectivity index (χ2n) is 7.91. The highest BCUT2D eigenvalue weighted by Gasteiger charge is 2.27. The Hall–Kier alpha value is -2.34. The molecule has 3 aromatic rings. The number of nitrogens with zero attached hydrogens (tertiary/aromatic N) is 3. The van der Waals surface area contributed by atoms with E-state index in [1.165, 1.54) is 48.3 Å². The standard InChI is InChI=1S/C23H27N3O2S/c1-27-21-11-18-20(12-22(21)28-2)25(14-24-18)13-16-8-9-19-23(10-16)29-15-26(19)17-6-4-3-5-7-17/h8-12,14,17H,3-7,13,15H2,1-2H3. The minimum atomic E-state index is 0.710. The number of anilines is 1. The minimum absolute atomic E-state index is 0.710. The van der Waals surface area contributed by atoms with Gasteiger partial charge in [0.15, 0.2) is 11.5 Å². The summed E-state index contributed by atoms with van der Waals surface area (Å²) in [4.78, 5) is 8.60. The van der Waals surface area contributed by atoms with Crippen LogP contribution in [0, 0.1) is 0 Å². The Morgan fingerprint density at radius 2 is 1.83 bits per heavy atom. The molecule has 1 saturated carbocycles. The van der Waals surface area contributed by atoms with E-state index in [0.717, 1.165) is 35.2 Å². The monoisotopic (exact) mass is 409 g/mol. The normalized spacial score (nSPS) is 17.0. The third kappa shape index (κ3) is 3.44. The van der Waals surface area contributed by atoms with E-state index in [4.69, 9.17) is 9.47 Å². The first-order valence-electron chi connectivity index (χ1n) is 10.4. The summed E-state index contributed by atoms with van der Waals surface area (Å²) in [5, 5.41) is 0. The van der Waals surface area contributed by atoms with Gasteiger partial charge < -0.3 is 18.9 Å². The lowest BCUT2D eigenvalue weighted by Gasteiger charge is -2.32. The number of ether oxygens (including phenoxy) is 2. The Bertz CT molecular complexity index is 1030. The third-order valence-electron chi connectivity index (χ3n) is 6.19. The van der Waals surface area contributed by atoms with Crippen LogP contribution < -0.4 is 14.4 Å². The molecule has 1 fully saturated rings. The topological polar surface area (TPSA) is 39.5 Å². The van der Waals surface area contributed by atoms with Crippen LogP contribution in [-0.4, -0.2) is 35.7 Å². The fourth-order valence-corrected chi connectivity index (χ4v) is 5.82. The molecule has 0 radical (unpaired) electrons. The Morgan fingerprint density at radius 1 is 1.03 bits per heavy atom. The van der Waals surface area contributed by atoms with E-state index in [-0.39, 0.29) is 0 Å². The van der Waals surface area contributed by atoms with Gasteiger partial charge >= 0.3 is 0 Å². The van der Waals surface area contributed by atoms with E-state index in [1.807, 2.05) is 30.2 Å². The molecule has 0 bridgehead atoms. The Balaban J connectivity index is 1.40. The van der Waals surface area contributed by atoms with Gasteiger partial charge in [-0.15, -0.1) is 11.8 Å². The van der Waals surface area contributed by atoms with Crippen LogP contribution in [0.2, 0.25) is 0 Å². The van der Waals surface area contributed by atoms with Crippen LogP contribution in [0.1, 0.15) is 37.7 Å². The number of imidazole rings is 1. The van der Waals surface area contributed by atoms with Gasteiger partial charge in [0.05, 0.1) is 43.1 Å². The molecule has 2 heterocycles. The van der Waals surface area contributed by atoms with E-state index >= 15 is 0 Å². The smallest absolute Gasteiger partial charge is 0.163 e. The van der Waals surface area contributed by atoms with Crippen LogP contribution in [-0.2, 0) is 6.54 Å². The van der Waals surface area contributed by atoms with E-state index in [0.29, 0.717) is 5.75 Å². The van der Waals surface area contributed by atoms with Crippen LogP contribution >= 0.6 is 11.8 Å². The molecule has 2 aromatic carbocycles. The van der Waals surface area contributed by atoms with Crippen LogP contribution in [0.5, 0.6) is 11.5 Å². The zero-order valence-electron chi connectivity index (χ0n) is 17.1. The first-order valence-corrected chi connectivity index (χ1v) is 11.3. The summed E-state index contributed by atoms with van der Waals surface area (Å²) in [6.07, 6.45) is 8.74. The number of thioether (sulfide) groups is 1. The van der Waals surface area contributed by atoms with Crippen molar-refractivity contribution in [2.75, 3.05) is 25.0 Å². The summed E-state index contributed by atoms with van der Waals surface area (Å²) in [6, 6.07) is 11.6. The second-order valence-corrected chi connectivity index (χ2v) is 8.89. The zero-order valence-corrected chi connectivity index (χ0v) is 17.9. The fourth-order valence-electron chi connectivity index (χ4n) is 4.62. The zero-order chi connectivity index (χ0) is 19.8. The molecule has 29 heavy (non-hydrogen) atoms. The molecular formula is C23H27N3O2S. The largest absolute Gasteiger partial charge is 0.493 e. The Labute approximate surface area is 176 Å². The van der Waals surface area contributed by atoms with Gasteiger partial charge in [0.1, 0.15) is 0 Å². The molecule has 152 valence electrons. The van der Waals surface area contributed by atoms with E-state index in [1.54, 1.807) is 14.2 Å². The number of benzene rings is 2. The maximum atomic E-state index is 5.47. The SMILES string of the molecule is COc1cc2ncn(Cc3ccc4c(c3)SCN4C3CCCCC3)c2cc1OC. The number of hydrogen-bond donors (Lipinski definition) is 0. The van der Waals surface area contributed by atoms with Crippen molar-refractivity contribution in [3.05, 3.63) is 42.2 Å². The van der Waals surface area contributed by atoms with Crippen LogP contribution in [0.25, 0.3) is 11.0 Å². The molecule has 0 unspecified atom stereocenters. The van der Waals surface area contributed by atoms with Crippen molar-refractivity contribution in [2.24, 2.45) is 0 Å². The Kier molecular flexibility index (Phi) is 5.04. The summed E-state index contributed by atoms with van der Waals surface area (Å²) in [6.45, 7) is 0.795. The average Bonchev–Trinajstić information content (AvgIpc) is 3.37. The van der Waals surface area contributed by atoms with Gasteiger partial charge in [0, 0.05) is 29.6 Å². The lowest BCUT2D eigenvalue weighted by Crippen LogP contribution is -2.34. The average molecular weight is 410 g/mol. The first-order chi connectivity index (χ1) is 14.3. The van der Waals surface area contributed by atoms with Crippen molar-refractivity contribution in [2.45, 2.75) is 49.6 Å². The van der Waals surface area contributed by atoms with Gasteiger partial charge in [0.25, 0.3) is 0 Å². The molecule has 0 atom stereocenters. The van der Waals surface area contributed by atoms with Crippen LogP contribution in [0.4, 0.5) is 5.69 Å². The second kappa shape index (κ2) is 7.82. The van der Waals surface area contributed by atoms with Gasteiger partial charge in [-0.3, -0.25) is 0 Å². The number of aromatic nitrogens is 2. The molecule has 0 amide bonds. The van der Waals surface area contributed by atoms with Crippen molar-refractivity contribution in [1.29, 1.82) is 0 Å². The van der Waals surface area contributed by atoms with Crippen molar-refractivity contribution >= 4 is 28.5 Å². The molecule has 1 aliphatic carbocycles. The van der Waals surface area contributed by atoms with Gasteiger partial charge in [-0.25, -0.2) is 4.98 Å². The highest BCUT2D eigenvalue weighted by atomic mass is 32.2. The van der Waals surface area contributed by atoms with E-state index < -0.39 is 0 Å². The Morgan fingerprint density at radius 3 is 2.62 bits per heavy atom. The predicted octanol–water partition coefficient (Wildman–Crippen LogP) is 5.30. The molecule has 5 rings (SSSR count). The number of rotatable bonds is 5. The molecule has 0 spiro atoms. The molecule has 0 N–H and O–H groups in total. The molecule has 1 aromatic heterocycles.